The van der Waals surface area contributed by atoms with Gasteiger partial charge >= 0.3 is 5.97 Å². The number of carbonyl (C=O) groups excluding carboxylic acids is 3. The Morgan fingerprint density at radius 3 is 2.74 bits per heavy atom. The van der Waals surface area contributed by atoms with Crippen LogP contribution >= 0.6 is 0 Å². The summed E-state index contributed by atoms with van der Waals surface area (Å²) in [5, 5.41) is 6.00. The van der Waals surface area contributed by atoms with Gasteiger partial charge in [0.1, 0.15) is 6.04 Å². The highest BCUT2D eigenvalue weighted by Crippen LogP contribution is 2.19. The number of rotatable bonds is 7. The number of hydrogen-bond acceptors (Lipinski definition) is 5. The molecule has 27 heavy (non-hydrogen) atoms. The Balaban J connectivity index is 1.63. The zero-order chi connectivity index (χ0) is 19.2. The summed E-state index contributed by atoms with van der Waals surface area (Å²) in [4.78, 5) is 39.2. The maximum atomic E-state index is 12.2. The molecule has 0 saturated heterocycles. The second kappa shape index (κ2) is 8.22. The van der Waals surface area contributed by atoms with E-state index in [0.29, 0.717) is 0 Å². The molecule has 2 amide bonds. The highest BCUT2D eigenvalue weighted by Gasteiger charge is 2.23. The number of carbonyl (C=O) groups is 3. The van der Waals surface area contributed by atoms with Crippen LogP contribution in [0.15, 0.2) is 53.3 Å². The van der Waals surface area contributed by atoms with Crippen LogP contribution in [0, 0.1) is 0 Å². The number of amides is 2. The average molecular weight is 369 g/mol. The lowest BCUT2D eigenvalue weighted by Crippen LogP contribution is -2.47. The van der Waals surface area contributed by atoms with E-state index in [1.165, 1.54) is 19.4 Å². The normalized spacial score (nSPS) is 11.7. The van der Waals surface area contributed by atoms with Crippen molar-refractivity contribution in [2.45, 2.75) is 12.5 Å². The summed E-state index contributed by atoms with van der Waals surface area (Å²) in [5.41, 5.74) is 1.81. The highest BCUT2D eigenvalue weighted by atomic mass is 16.5. The van der Waals surface area contributed by atoms with E-state index in [2.05, 4.69) is 15.6 Å². The molecule has 0 saturated carbocycles. The van der Waals surface area contributed by atoms with Crippen LogP contribution in [0.2, 0.25) is 0 Å². The SMILES string of the molecule is COC(=O)[C@@H](Cc1c[nH]c2ccccc12)NC(=O)CNC(=O)c1ccco1. The number of esters is 1. The zero-order valence-electron chi connectivity index (χ0n) is 14.7. The largest absolute Gasteiger partial charge is 0.467 e. The minimum Gasteiger partial charge on any atom is -0.467 e. The summed E-state index contributed by atoms with van der Waals surface area (Å²) in [6, 6.07) is 9.85. The topological polar surface area (TPSA) is 113 Å². The Morgan fingerprint density at radius 1 is 1.19 bits per heavy atom. The fraction of sp³-hybridized carbons (Fsp3) is 0.211. The van der Waals surface area contributed by atoms with Crippen LogP contribution in [0.4, 0.5) is 0 Å². The molecule has 0 radical (unpaired) electrons. The first-order valence-electron chi connectivity index (χ1n) is 8.32. The number of hydrogen-bond donors (Lipinski definition) is 3. The van der Waals surface area contributed by atoms with Crippen molar-refractivity contribution < 1.29 is 23.5 Å². The molecule has 0 aliphatic heterocycles. The molecule has 0 spiro atoms. The Kier molecular flexibility index (Phi) is 5.55. The Hall–Kier alpha value is -3.55. The van der Waals surface area contributed by atoms with Crippen LogP contribution < -0.4 is 10.6 Å². The number of ether oxygens (including phenoxy) is 1. The van der Waals surface area contributed by atoms with Gasteiger partial charge in [-0.3, -0.25) is 9.59 Å². The molecular weight excluding hydrogens is 350 g/mol. The molecule has 1 aromatic carbocycles. The lowest BCUT2D eigenvalue weighted by atomic mass is 10.0. The zero-order valence-corrected chi connectivity index (χ0v) is 14.7. The Bertz CT molecular complexity index is 945. The first-order chi connectivity index (χ1) is 13.1. The van der Waals surface area contributed by atoms with E-state index in [4.69, 9.17) is 9.15 Å². The molecule has 0 bridgehead atoms. The monoisotopic (exact) mass is 369 g/mol. The van der Waals surface area contributed by atoms with E-state index in [0.717, 1.165) is 16.5 Å². The first-order valence-corrected chi connectivity index (χ1v) is 8.32. The molecule has 140 valence electrons. The lowest BCUT2D eigenvalue weighted by molar-refractivity contribution is -0.144. The number of aromatic nitrogens is 1. The second-order valence-corrected chi connectivity index (χ2v) is 5.87. The van der Waals surface area contributed by atoms with Crippen LogP contribution in [0.25, 0.3) is 10.9 Å². The maximum Gasteiger partial charge on any atom is 0.328 e. The van der Waals surface area contributed by atoms with Crippen LogP contribution in [-0.2, 0) is 20.7 Å². The molecule has 0 aliphatic carbocycles. The highest BCUT2D eigenvalue weighted by molar-refractivity contribution is 5.95. The van der Waals surface area contributed by atoms with E-state index in [-0.39, 0.29) is 18.7 Å². The Labute approximate surface area is 154 Å². The minimum absolute atomic E-state index is 0.103. The van der Waals surface area contributed by atoms with E-state index in [1.807, 2.05) is 24.3 Å². The number of H-pyrrole nitrogens is 1. The number of methoxy groups -OCH3 is 1. The first kappa shape index (κ1) is 18.2. The number of furan rings is 1. The molecule has 3 rings (SSSR count). The van der Waals surface area contributed by atoms with Crippen molar-refractivity contribution in [2.24, 2.45) is 0 Å². The Morgan fingerprint density at radius 2 is 2.00 bits per heavy atom. The predicted octanol–water partition coefficient (Wildman–Crippen LogP) is 1.39. The van der Waals surface area contributed by atoms with Gasteiger partial charge in [-0.15, -0.1) is 0 Å². The number of aromatic amines is 1. The summed E-state index contributed by atoms with van der Waals surface area (Å²) in [7, 11) is 1.26. The van der Waals surface area contributed by atoms with Crippen molar-refractivity contribution in [3.05, 3.63) is 60.2 Å². The number of para-hydroxylation sites is 1. The third kappa shape index (κ3) is 4.35. The van der Waals surface area contributed by atoms with Crippen LogP contribution in [0.1, 0.15) is 16.1 Å². The quantitative estimate of drug-likeness (QED) is 0.545. The van der Waals surface area contributed by atoms with Gasteiger partial charge in [0.2, 0.25) is 5.91 Å². The van der Waals surface area contributed by atoms with Crippen molar-refractivity contribution in [1.29, 1.82) is 0 Å². The van der Waals surface area contributed by atoms with Gasteiger partial charge in [0.25, 0.3) is 5.91 Å². The van der Waals surface area contributed by atoms with Crippen molar-refractivity contribution in [3.63, 3.8) is 0 Å². The number of nitrogens with one attached hydrogen (secondary N) is 3. The van der Waals surface area contributed by atoms with Crippen LogP contribution in [0.5, 0.6) is 0 Å². The summed E-state index contributed by atoms with van der Waals surface area (Å²) in [6.45, 7) is -0.291. The van der Waals surface area contributed by atoms with Gasteiger partial charge in [-0.2, -0.15) is 0 Å². The van der Waals surface area contributed by atoms with Crippen molar-refractivity contribution in [3.8, 4) is 0 Å². The molecule has 2 aromatic heterocycles. The number of benzene rings is 1. The molecule has 8 nitrogen and oxygen atoms in total. The van der Waals surface area contributed by atoms with Crippen molar-refractivity contribution in [1.82, 2.24) is 15.6 Å². The van der Waals surface area contributed by atoms with Gasteiger partial charge in [0.05, 0.1) is 19.9 Å². The van der Waals surface area contributed by atoms with Crippen LogP contribution in [0.3, 0.4) is 0 Å². The minimum atomic E-state index is -0.873. The van der Waals surface area contributed by atoms with Crippen molar-refractivity contribution >= 4 is 28.7 Å². The van der Waals surface area contributed by atoms with Gasteiger partial charge in [-0.05, 0) is 23.8 Å². The third-order valence-electron chi connectivity index (χ3n) is 4.07. The van der Waals surface area contributed by atoms with E-state index >= 15 is 0 Å². The van der Waals surface area contributed by atoms with E-state index in [9.17, 15) is 14.4 Å². The second-order valence-electron chi connectivity index (χ2n) is 5.87. The average Bonchev–Trinajstić information content (AvgIpc) is 3.35. The molecule has 8 heteroatoms. The maximum absolute atomic E-state index is 12.2. The predicted molar refractivity (Wildman–Crippen MR) is 97.0 cm³/mol. The standard InChI is InChI=1S/C19H19N3O5/c1-26-19(25)15(9-12-10-20-14-6-3-2-5-13(12)14)22-17(23)11-21-18(24)16-7-4-8-27-16/h2-8,10,15,20H,9,11H2,1H3,(H,21,24)(H,22,23)/t15-/m1/s1. The summed E-state index contributed by atoms with van der Waals surface area (Å²) >= 11 is 0. The van der Waals surface area contributed by atoms with Gasteiger partial charge in [0.15, 0.2) is 5.76 Å². The summed E-state index contributed by atoms with van der Waals surface area (Å²) < 4.78 is 9.75. The van der Waals surface area contributed by atoms with Gasteiger partial charge in [-0.1, -0.05) is 18.2 Å². The summed E-state index contributed by atoms with van der Waals surface area (Å²) in [6.07, 6.45) is 3.42. The fourth-order valence-electron chi connectivity index (χ4n) is 2.76. The molecule has 3 aromatic rings. The van der Waals surface area contributed by atoms with Gasteiger partial charge in [-0.25, -0.2) is 4.79 Å². The third-order valence-corrected chi connectivity index (χ3v) is 4.07. The van der Waals surface area contributed by atoms with E-state index in [1.54, 1.807) is 12.3 Å². The van der Waals surface area contributed by atoms with Crippen LogP contribution in [-0.4, -0.2) is 42.5 Å². The van der Waals surface area contributed by atoms with Gasteiger partial charge in [0, 0.05) is 23.5 Å². The summed E-state index contributed by atoms with van der Waals surface area (Å²) in [5.74, 6) is -1.48. The molecule has 1 atom stereocenters. The molecule has 0 aliphatic rings. The molecule has 3 N–H and O–H groups in total. The molecule has 0 unspecified atom stereocenters. The smallest absolute Gasteiger partial charge is 0.328 e. The molecular formula is C19H19N3O5. The van der Waals surface area contributed by atoms with E-state index < -0.39 is 23.8 Å². The molecule has 0 fully saturated rings. The lowest BCUT2D eigenvalue weighted by Gasteiger charge is -2.16. The van der Waals surface area contributed by atoms with Crippen molar-refractivity contribution in [2.75, 3.05) is 13.7 Å². The van der Waals surface area contributed by atoms with Gasteiger partial charge < -0.3 is 24.8 Å². The fourth-order valence-corrected chi connectivity index (χ4v) is 2.76. The molecule has 2 heterocycles. The number of fused-ring (bicyclic) bond motifs is 1.